The first-order valence-corrected chi connectivity index (χ1v) is 9.94. The molecular formula is C19H20ClN3O2S. The Hall–Kier alpha value is -1.89. The third kappa shape index (κ3) is 3.49. The molecule has 1 aliphatic heterocycles. The Morgan fingerprint density at radius 1 is 1.42 bits per heavy atom. The highest BCUT2D eigenvalue weighted by Gasteiger charge is 2.27. The molecule has 1 N–H and O–H groups in total. The Morgan fingerprint density at radius 3 is 2.96 bits per heavy atom. The van der Waals surface area contributed by atoms with Gasteiger partial charge in [0.15, 0.2) is 10.9 Å². The molecule has 0 atom stereocenters. The summed E-state index contributed by atoms with van der Waals surface area (Å²) in [5.74, 6) is 0.649. The van der Waals surface area contributed by atoms with Crippen LogP contribution in [-0.2, 0) is 0 Å². The molecule has 1 amide bonds. The van der Waals surface area contributed by atoms with Gasteiger partial charge in [0, 0.05) is 11.6 Å². The second kappa shape index (κ2) is 7.39. The van der Waals surface area contributed by atoms with E-state index in [-0.39, 0.29) is 5.91 Å². The molecule has 4 rings (SSSR count). The maximum Gasteiger partial charge on any atom is 0.295 e. The van der Waals surface area contributed by atoms with Gasteiger partial charge in [0.2, 0.25) is 0 Å². The number of carbonyl (C=O) groups is 1. The Balaban J connectivity index is 1.71. The third-order valence-corrected chi connectivity index (χ3v) is 5.99. The van der Waals surface area contributed by atoms with Crippen LogP contribution in [0.15, 0.2) is 34.9 Å². The van der Waals surface area contributed by atoms with E-state index >= 15 is 0 Å². The molecule has 0 spiro atoms. The third-order valence-electron chi connectivity index (χ3n) is 4.75. The van der Waals surface area contributed by atoms with Crippen LogP contribution in [0.1, 0.15) is 29.0 Å². The maximum absolute atomic E-state index is 13.1. The summed E-state index contributed by atoms with van der Waals surface area (Å²) in [7, 11) is 0. The summed E-state index contributed by atoms with van der Waals surface area (Å²) in [6, 6.07) is 7.25. The maximum atomic E-state index is 13.1. The zero-order valence-electron chi connectivity index (χ0n) is 14.5. The van der Waals surface area contributed by atoms with Gasteiger partial charge in [-0.05, 0) is 68.6 Å². The first-order valence-electron chi connectivity index (χ1n) is 8.74. The number of halogens is 1. The summed E-state index contributed by atoms with van der Waals surface area (Å²) >= 11 is 7.69. The molecule has 7 heteroatoms. The average Bonchev–Trinajstić information content (AvgIpc) is 3.29. The van der Waals surface area contributed by atoms with Gasteiger partial charge in [0.05, 0.1) is 16.5 Å². The molecule has 2 aromatic heterocycles. The number of nitrogens with zero attached hydrogens (tertiary/aromatic N) is 2. The number of piperidine rings is 1. The number of anilines is 1. The number of thiazole rings is 1. The van der Waals surface area contributed by atoms with Gasteiger partial charge in [-0.1, -0.05) is 22.9 Å². The molecule has 0 aliphatic carbocycles. The average molecular weight is 390 g/mol. The SMILES string of the molecule is Cc1cc(Cl)cc2sc(N(CC3CCNCC3)C(=O)c3ccco3)nc12. The number of carbonyl (C=O) groups excluding carboxylic acids is 1. The number of nitrogens with one attached hydrogen (secondary N) is 1. The number of aryl methyl sites for hydroxylation is 1. The minimum absolute atomic E-state index is 0.142. The standard InChI is InChI=1S/C19H20ClN3O2S/c1-12-9-14(20)10-16-17(12)22-19(26-16)23(11-13-4-6-21-7-5-13)18(24)15-3-2-8-25-15/h2-3,8-10,13,21H,4-7,11H2,1H3. The Labute approximate surface area is 161 Å². The van der Waals surface area contributed by atoms with Gasteiger partial charge in [-0.25, -0.2) is 4.98 Å². The van der Waals surface area contributed by atoms with Gasteiger partial charge in [0.25, 0.3) is 5.91 Å². The van der Waals surface area contributed by atoms with Crippen LogP contribution < -0.4 is 10.2 Å². The fraction of sp³-hybridized carbons (Fsp3) is 0.368. The van der Waals surface area contributed by atoms with E-state index in [1.165, 1.54) is 17.6 Å². The van der Waals surface area contributed by atoms with Crippen molar-refractivity contribution >= 4 is 44.2 Å². The molecule has 1 fully saturated rings. The van der Waals surface area contributed by atoms with Crippen LogP contribution in [0.5, 0.6) is 0 Å². The molecule has 0 bridgehead atoms. The Morgan fingerprint density at radius 2 is 2.23 bits per heavy atom. The molecule has 1 aliphatic rings. The smallest absolute Gasteiger partial charge is 0.295 e. The Bertz CT molecular complexity index is 916. The summed E-state index contributed by atoms with van der Waals surface area (Å²) in [5, 5.41) is 4.76. The van der Waals surface area contributed by atoms with Gasteiger partial charge in [0.1, 0.15) is 0 Å². The van der Waals surface area contributed by atoms with Gasteiger partial charge in [-0.2, -0.15) is 0 Å². The second-order valence-electron chi connectivity index (χ2n) is 6.65. The number of hydrogen-bond donors (Lipinski definition) is 1. The van der Waals surface area contributed by atoms with E-state index in [0.29, 0.717) is 28.4 Å². The lowest BCUT2D eigenvalue weighted by Gasteiger charge is -2.28. The van der Waals surface area contributed by atoms with Crippen molar-refractivity contribution in [1.29, 1.82) is 0 Å². The Kier molecular flexibility index (Phi) is 4.98. The van der Waals surface area contributed by atoms with Crippen molar-refractivity contribution in [2.45, 2.75) is 19.8 Å². The van der Waals surface area contributed by atoms with Crippen molar-refractivity contribution in [2.75, 3.05) is 24.5 Å². The number of rotatable bonds is 4. The molecule has 5 nitrogen and oxygen atoms in total. The highest BCUT2D eigenvalue weighted by molar-refractivity contribution is 7.22. The summed E-state index contributed by atoms with van der Waals surface area (Å²) in [6.07, 6.45) is 3.63. The molecule has 3 aromatic rings. The highest BCUT2D eigenvalue weighted by atomic mass is 35.5. The van der Waals surface area contributed by atoms with Crippen molar-refractivity contribution in [3.63, 3.8) is 0 Å². The van der Waals surface area contributed by atoms with Crippen molar-refractivity contribution in [3.8, 4) is 0 Å². The quantitative estimate of drug-likeness (QED) is 0.713. The van der Waals surface area contributed by atoms with Crippen molar-refractivity contribution in [1.82, 2.24) is 10.3 Å². The molecule has 0 unspecified atom stereocenters. The molecule has 1 aromatic carbocycles. The number of furan rings is 1. The first-order chi connectivity index (χ1) is 12.6. The predicted octanol–water partition coefficient (Wildman–Crippen LogP) is 4.50. The molecule has 0 saturated carbocycles. The molecule has 136 valence electrons. The lowest BCUT2D eigenvalue weighted by atomic mass is 9.97. The number of benzene rings is 1. The van der Waals surface area contributed by atoms with Crippen LogP contribution in [-0.4, -0.2) is 30.5 Å². The fourth-order valence-corrected chi connectivity index (χ4v) is 4.79. The zero-order valence-corrected chi connectivity index (χ0v) is 16.1. The van der Waals surface area contributed by atoms with E-state index < -0.39 is 0 Å². The summed E-state index contributed by atoms with van der Waals surface area (Å²) in [5.41, 5.74) is 1.92. The van der Waals surface area contributed by atoms with Crippen LogP contribution in [0.3, 0.4) is 0 Å². The first kappa shape index (κ1) is 17.5. The minimum Gasteiger partial charge on any atom is -0.459 e. The van der Waals surface area contributed by atoms with Crippen LogP contribution in [0.2, 0.25) is 5.02 Å². The summed E-state index contributed by atoms with van der Waals surface area (Å²) in [4.78, 5) is 19.6. The summed E-state index contributed by atoms with van der Waals surface area (Å²) in [6.45, 7) is 4.61. The van der Waals surface area contributed by atoms with Crippen molar-refractivity contribution < 1.29 is 9.21 Å². The lowest BCUT2D eigenvalue weighted by Crippen LogP contribution is -2.39. The van der Waals surface area contributed by atoms with E-state index in [9.17, 15) is 4.79 Å². The number of aromatic nitrogens is 1. The molecular weight excluding hydrogens is 370 g/mol. The van der Waals surface area contributed by atoms with Crippen LogP contribution >= 0.6 is 22.9 Å². The molecule has 3 heterocycles. The van der Waals surface area contributed by atoms with Gasteiger partial charge in [-0.15, -0.1) is 0 Å². The molecule has 1 saturated heterocycles. The van der Waals surface area contributed by atoms with E-state index in [0.717, 1.165) is 41.7 Å². The summed E-state index contributed by atoms with van der Waals surface area (Å²) < 4.78 is 6.35. The second-order valence-corrected chi connectivity index (χ2v) is 8.10. The van der Waals surface area contributed by atoms with Gasteiger partial charge in [-0.3, -0.25) is 9.69 Å². The van der Waals surface area contributed by atoms with E-state index in [4.69, 9.17) is 21.0 Å². The normalized spacial score (nSPS) is 15.5. The topological polar surface area (TPSA) is 58.4 Å². The van der Waals surface area contributed by atoms with Gasteiger partial charge >= 0.3 is 0 Å². The highest BCUT2D eigenvalue weighted by Crippen LogP contribution is 2.34. The van der Waals surface area contributed by atoms with E-state index in [1.807, 2.05) is 19.1 Å². The monoisotopic (exact) mass is 389 g/mol. The molecule has 26 heavy (non-hydrogen) atoms. The van der Waals surface area contributed by atoms with Crippen molar-refractivity contribution in [3.05, 3.63) is 46.9 Å². The minimum atomic E-state index is -0.142. The van der Waals surface area contributed by atoms with E-state index in [1.54, 1.807) is 17.0 Å². The van der Waals surface area contributed by atoms with Crippen molar-refractivity contribution in [2.24, 2.45) is 5.92 Å². The fourth-order valence-electron chi connectivity index (χ4n) is 3.36. The zero-order chi connectivity index (χ0) is 18.1. The lowest BCUT2D eigenvalue weighted by molar-refractivity contribution is 0.0954. The largest absolute Gasteiger partial charge is 0.459 e. The molecule has 0 radical (unpaired) electrons. The van der Waals surface area contributed by atoms with E-state index in [2.05, 4.69) is 5.32 Å². The number of amides is 1. The number of fused-ring (bicyclic) bond motifs is 1. The number of hydrogen-bond acceptors (Lipinski definition) is 5. The van der Waals surface area contributed by atoms with Gasteiger partial charge < -0.3 is 9.73 Å². The van der Waals surface area contributed by atoms with Crippen LogP contribution in [0.25, 0.3) is 10.2 Å². The predicted molar refractivity (Wildman–Crippen MR) is 105 cm³/mol. The van der Waals surface area contributed by atoms with Crippen LogP contribution in [0.4, 0.5) is 5.13 Å². The van der Waals surface area contributed by atoms with Crippen LogP contribution in [0, 0.1) is 12.8 Å².